The monoisotopic (exact) mass is 357 g/mol. The third-order valence-corrected chi connectivity index (χ3v) is 4.22. The number of nitrogens with zero attached hydrogens (tertiary/aromatic N) is 3. The van der Waals surface area contributed by atoms with Crippen LogP contribution < -0.4 is 14.2 Å². The highest BCUT2D eigenvalue weighted by Crippen LogP contribution is 2.38. The maximum absolute atomic E-state index is 5.85. The van der Waals surface area contributed by atoms with Gasteiger partial charge in [0.2, 0.25) is 6.79 Å². The third kappa shape index (κ3) is 4.86. The Morgan fingerprint density at radius 3 is 2.58 bits per heavy atom. The molecule has 0 N–H and O–H groups in total. The maximum Gasteiger partial charge on any atom is 0.231 e. The van der Waals surface area contributed by atoms with Gasteiger partial charge in [-0.2, -0.15) is 0 Å². The normalized spacial score (nSPS) is 12.8. The summed E-state index contributed by atoms with van der Waals surface area (Å²) in [6.45, 7) is 6.33. The Morgan fingerprint density at radius 1 is 1.08 bits per heavy atom. The lowest BCUT2D eigenvalue weighted by Crippen LogP contribution is -2.31. The summed E-state index contributed by atoms with van der Waals surface area (Å²) in [5.74, 6) is 2.39. The number of hydrogen-bond donors (Lipinski definition) is 0. The van der Waals surface area contributed by atoms with Crippen LogP contribution in [0.1, 0.15) is 18.2 Å². The maximum atomic E-state index is 5.85. The van der Waals surface area contributed by atoms with Gasteiger partial charge in [-0.1, -0.05) is 6.07 Å². The fraction of sp³-hybridized carbons (Fsp3) is 0.450. The Bertz CT molecular complexity index is 707. The molecule has 26 heavy (non-hydrogen) atoms. The zero-order valence-corrected chi connectivity index (χ0v) is 15.8. The van der Waals surface area contributed by atoms with Crippen molar-refractivity contribution in [3.05, 3.63) is 47.8 Å². The molecule has 6 nitrogen and oxygen atoms in total. The second kappa shape index (κ2) is 8.87. The van der Waals surface area contributed by atoms with E-state index in [-0.39, 0.29) is 6.79 Å². The number of benzene rings is 1. The molecule has 2 aromatic rings. The van der Waals surface area contributed by atoms with E-state index in [2.05, 4.69) is 34.9 Å². The number of aromatic nitrogens is 1. The van der Waals surface area contributed by atoms with E-state index in [1.165, 1.54) is 0 Å². The van der Waals surface area contributed by atoms with E-state index in [1.54, 1.807) is 0 Å². The van der Waals surface area contributed by atoms with Crippen molar-refractivity contribution in [2.75, 3.05) is 40.6 Å². The molecule has 1 aliphatic heterocycles. The summed E-state index contributed by atoms with van der Waals surface area (Å²) in [6.07, 6.45) is 1.84. The summed E-state index contributed by atoms with van der Waals surface area (Å²) in [5.41, 5.74) is 2.16. The predicted molar refractivity (Wildman–Crippen MR) is 101 cm³/mol. The molecule has 0 aliphatic carbocycles. The van der Waals surface area contributed by atoms with Crippen molar-refractivity contribution in [2.45, 2.75) is 20.0 Å². The average molecular weight is 357 g/mol. The number of pyridine rings is 1. The van der Waals surface area contributed by atoms with Crippen LogP contribution in [0.5, 0.6) is 17.2 Å². The SMILES string of the molecule is CCOc1cc2c(cc1CN(CCN(C)C)Cc1ccccn1)OCO2. The fourth-order valence-corrected chi connectivity index (χ4v) is 2.90. The molecule has 0 fully saturated rings. The highest BCUT2D eigenvalue weighted by atomic mass is 16.7. The number of rotatable bonds is 9. The predicted octanol–water partition coefficient (Wildman–Crippen LogP) is 2.77. The highest BCUT2D eigenvalue weighted by molar-refractivity contribution is 5.51. The average Bonchev–Trinajstić information content (AvgIpc) is 3.08. The largest absolute Gasteiger partial charge is 0.493 e. The Hall–Kier alpha value is -2.31. The van der Waals surface area contributed by atoms with Crippen LogP contribution in [0.15, 0.2) is 36.5 Å². The van der Waals surface area contributed by atoms with Crippen LogP contribution in [0, 0.1) is 0 Å². The summed E-state index contributed by atoms with van der Waals surface area (Å²) < 4.78 is 16.9. The Balaban J connectivity index is 1.80. The minimum absolute atomic E-state index is 0.266. The van der Waals surface area contributed by atoms with Crippen molar-refractivity contribution < 1.29 is 14.2 Å². The molecule has 6 heteroatoms. The number of fused-ring (bicyclic) bond motifs is 1. The van der Waals surface area contributed by atoms with Crippen molar-refractivity contribution in [1.82, 2.24) is 14.8 Å². The highest BCUT2D eigenvalue weighted by Gasteiger charge is 2.20. The van der Waals surface area contributed by atoms with E-state index in [0.717, 1.165) is 54.7 Å². The van der Waals surface area contributed by atoms with Gasteiger partial charge in [0.1, 0.15) is 5.75 Å². The molecule has 0 atom stereocenters. The first-order valence-corrected chi connectivity index (χ1v) is 8.98. The van der Waals surface area contributed by atoms with Crippen molar-refractivity contribution in [1.29, 1.82) is 0 Å². The van der Waals surface area contributed by atoms with E-state index < -0.39 is 0 Å². The zero-order chi connectivity index (χ0) is 18.4. The van der Waals surface area contributed by atoms with Crippen LogP contribution in [0.25, 0.3) is 0 Å². The first-order valence-electron chi connectivity index (χ1n) is 8.98. The standard InChI is InChI=1S/C20H27N3O3/c1-4-24-18-12-20-19(25-15-26-20)11-16(18)13-23(10-9-22(2)3)14-17-7-5-6-8-21-17/h5-8,11-12H,4,9-10,13-15H2,1-3H3. The lowest BCUT2D eigenvalue weighted by atomic mass is 10.1. The lowest BCUT2D eigenvalue weighted by molar-refractivity contribution is 0.173. The number of ether oxygens (including phenoxy) is 3. The smallest absolute Gasteiger partial charge is 0.231 e. The van der Waals surface area contributed by atoms with Crippen LogP contribution in [0.2, 0.25) is 0 Å². The summed E-state index contributed by atoms with van der Waals surface area (Å²) >= 11 is 0. The van der Waals surface area contributed by atoms with Crippen molar-refractivity contribution in [3.63, 3.8) is 0 Å². The molecule has 0 saturated heterocycles. The van der Waals surface area contributed by atoms with Gasteiger partial charge < -0.3 is 19.1 Å². The summed E-state index contributed by atoms with van der Waals surface area (Å²) in [7, 11) is 4.18. The van der Waals surface area contributed by atoms with Crippen molar-refractivity contribution >= 4 is 0 Å². The van der Waals surface area contributed by atoms with Gasteiger partial charge in [0, 0.05) is 44.0 Å². The first kappa shape index (κ1) is 18.5. The van der Waals surface area contributed by atoms with E-state index in [9.17, 15) is 0 Å². The van der Waals surface area contributed by atoms with Crippen molar-refractivity contribution in [2.24, 2.45) is 0 Å². The van der Waals surface area contributed by atoms with Gasteiger partial charge in [0.25, 0.3) is 0 Å². The lowest BCUT2D eigenvalue weighted by Gasteiger charge is -2.25. The molecule has 2 heterocycles. The number of likely N-dealkylation sites (N-methyl/N-ethyl adjacent to an activating group) is 1. The van der Waals surface area contributed by atoms with E-state index >= 15 is 0 Å². The van der Waals surface area contributed by atoms with Crippen LogP contribution in [-0.4, -0.2) is 55.4 Å². The first-order chi connectivity index (χ1) is 12.7. The molecule has 1 aliphatic rings. The minimum atomic E-state index is 0.266. The van der Waals surface area contributed by atoms with Crippen LogP contribution in [0.4, 0.5) is 0 Å². The molecule has 0 saturated carbocycles. The quantitative estimate of drug-likeness (QED) is 0.688. The second-order valence-corrected chi connectivity index (χ2v) is 6.58. The van der Waals surface area contributed by atoms with Crippen LogP contribution in [-0.2, 0) is 13.1 Å². The van der Waals surface area contributed by atoms with Gasteiger partial charge >= 0.3 is 0 Å². The van der Waals surface area contributed by atoms with Gasteiger partial charge in [-0.25, -0.2) is 0 Å². The Morgan fingerprint density at radius 2 is 1.88 bits per heavy atom. The molecule has 0 amide bonds. The molecule has 1 aromatic carbocycles. The van der Waals surface area contributed by atoms with Gasteiger partial charge in [-0.3, -0.25) is 9.88 Å². The summed E-state index contributed by atoms with van der Waals surface area (Å²) in [6, 6.07) is 10.0. The van der Waals surface area contributed by atoms with Gasteiger partial charge in [-0.15, -0.1) is 0 Å². The summed E-state index contributed by atoms with van der Waals surface area (Å²) in [4.78, 5) is 9.04. The molecule has 3 rings (SSSR count). The molecule has 0 spiro atoms. The summed E-state index contributed by atoms with van der Waals surface area (Å²) in [5, 5.41) is 0. The molecule has 1 aromatic heterocycles. The molecule has 0 radical (unpaired) electrons. The second-order valence-electron chi connectivity index (χ2n) is 6.58. The molecule has 0 bridgehead atoms. The van der Waals surface area contributed by atoms with E-state index in [1.807, 2.05) is 37.4 Å². The fourth-order valence-electron chi connectivity index (χ4n) is 2.90. The third-order valence-electron chi connectivity index (χ3n) is 4.22. The van der Waals surface area contributed by atoms with E-state index in [4.69, 9.17) is 14.2 Å². The van der Waals surface area contributed by atoms with Gasteiger partial charge in [0.05, 0.1) is 12.3 Å². The van der Waals surface area contributed by atoms with Gasteiger partial charge in [0.15, 0.2) is 11.5 Å². The van der Waals surface area contributed by atoms with Gasteiger partial charge in [-0.05, 0) is 39.2 Å². The Labute approximate surface area is 155 Å². The van der Waals surface area contributed by atoms with Crippen molar-refractivity contribution in [3.8, 4) is 17.2 Å². The van der Waals surface area contributed by atoms with E-state index in [0.29, 0.717) is 6.61 Å². The number of hydrogen-bond acceptors (Lipinski definition) is 6. The molecule has 0 unspecified atom stereocenters. The van der Waals surface area contributed by atoms with Crippen LogP contribution in [0.3, 0.4) is 0 Å². The zero-order valence-electron chi connectivity index (χ0n) is 15.8. The molecule has 140 valence electrons. The molecular weight excluding hydrogens is 330 g/mol. The minimum Gasteiger partial charge on any atom is -0.493 e. The Kier molecular flexibility index (Phi) is 6.30. The topological polar surface area (TPSA) is 47.1 Å². The van der Waals surface area contributed by atoms with Crippen LogP contribution >= 0.6 is 0 Å². The molecular formula is C20H27N3O3.